The Morgan fingerprint density at radius 3 is 2.89 bits per heavy atom. The maximum absolute atomic E-state index is 13.8. The van der Waals surface area contributed by atoms with Gasteiger partial charge in [-0.3, -0.25) is 19.9 Å². The fourth-order valence-electron chi connectivity index (χ4n) is 1.82. The molecule has 0 bridgehead atoms. The average Bonchev–Trinajstić information content (AvgIpc) is 2.31. The lowest BCUT2D eigenvalue weighted by Crippen LogP contribution is -2.03. The maximum atomic E-state index is 13.8. The first-order chi connectivity index (χ1) is 8.50. The Labute approximate surface area is 101 Å². The number of pyridine rings is 1. The number of nitro groups is 1. The van der Waals surface area contributed by atoms with Gasteiger partial charge < -0.3 is 0 Å². The van der Waals surface area contributed by atoms with Gasteiger partial charge in [0.05, 0.1) is 21.9 Å². The van der Waals surface area contributed by atoms with Crippen molar-refractivity contribution in [2.24, 2.45) is 0 Å². The first-order valence-electron chi connectivity index (χ1n) is 5.20. The molecule has 2 rings (SSSR count). The molecule has 1 aromatic heterocycles. The highest BCUT2D eigenvalue weighted by Gasteiger charge is 2.20. The number of nitro benzene ring substituents is 1. The van der Waals surface area contributed by atoms with Crippen LogP contribution in [0.4, 0.5) is 10.1 Å². The number of fused-ring (bicyclic) bond motifs is 1. The Kier molecular flexibility index (Phi) is 3.01. The van der Waals surface area contributed by atoms with E-state index in [9.17, 15) is 19.3 Å². The van der Waals surface area contributed by atoms with Crippen LogP contribution in [0, 0.1) is 15.9 Å². The highest BCUT2D eigenvalue weighted by Crippen LogP contribution is 2.29. The topological polar surface area (TPSA) is 73.1 Å². The molecule has 0 aliphatic heterocycles. The van der Waals surface area contributed by atoms with Crippen LogP contribution in [-0.4, -0.2) is 15.7 Å². The molecule has 0 unspecified atom stereocenters. The third-order valence-electron chi connectivity index (χ3n) is 2.54. The van der Waals surface area contributed by atoms with Crippen LogP contribution in [0.3, 0.4) is 0 Å². The zero-order valence-electron chi connectivity index (χ0n) is 9.51. The van der Waals surface area contributed by atoms with Crippen molar-refractivity contribution in [1.29, 1.82) is 0 Å². The number of hydrogen-bond donors (Lipinski definition) is 0. The second-order valence-corrected chi connectivity index (χ2v) is 3.89. The van der Waals surface area contributed by atoms with E-state index in [2.05, 4.69) is 4.98 Å². The summed E-state index contributed by atoms with van der Waals surface area (Å²) in [6.07, 6.45) is 1.28. The van der Waals surface area contributed by atoms with Crippen molar-refractivity contribution in [3.05, 3.63) is 45.9 Å². The van der Waals surface area contributed by atoms with Gasteiger partial charge in [-0.1, -0.05) is 0 Å². The predicted molar refractivity (Wildman–Crippen MR) is 62.7 cm³/mol. The molecule has 92 valence electrons. The number of rotatable bonds is 3. The first kappa shape index (κ1) is 12.1. The van der Waals surface area contributed by atoms with Crippen LogP contribution in [0.25, 0.3) is 10.9 Å². The third kappa shape index (κ3) is 2.04. The van der Waals surface area contributed by atoms with E-state index in [0.717, 1.165) is 6.07 Å². The van der Waals surface area contributed by atoms with E-state index in [0.29, 0.717) is 0 Å². The molecule has 18 heavy (non-hydrogen) atoms. The molecule has 0 radical (unpaired) electrons. The maximum Gasteiger partial charge on any atom is 0.281 e. The minimum Gasteiger partial charge on any atom is -0.300 e. The Hall–Kier alpha value is -2.37. The summed E-state index contributed by atoms with van der Waals surface area (Å²) in [5, 5.41) is 11.1. The monoisotopic (exact) mass is 248 g/mol. The van der Waals surface area contributed by atoms with E-state index in [1.54, 1.807) is 0 Å². The van der Waals surface area contributed by atoms with Crippen LogP contribution < -0.4 is 0 Å². The number of hydrogen-bond acceptors (Lipinski definition) is 4. The summed E-state index contributed by atoms with van der Waals surface area (Å²) in [6, 6.07) is 3.86. The Morgan fingerprint density at radius 1 is 1.56 bits per heavy atom. The van der Waals surface area contributed by atoms with E-state index in [1.807, 2.05) is 0 Å². The lowest BCUT2D eigenvalue weighted by atomic mass is 10.0. The third-order valence-corrected chi connectivity index (χ3v) is 2.54. The average molecular weight is 248 g/mol. The molecule has 0 aliphatic rings. The van der Waals surface area contributed by atoms with Gasteiger partial charge in [-0.15, -0.1) is 0 Å². The van der Waals surface area contributed by atoms with E-state index in [4.69, 9.17) is 0 Å². The van der Waals surface area contributed by atoms with Gasteiger partial charge >= 0.3 is 0 Å². The Morgan fingerprint density at radius 2 is 2.28 bits per heavy atom. The van der Waals surface area contributed by atoms with Crippen molar-refractivity contribution in [3.63, 3.8) is 0 Å². The predicted octanol–water partition coefficient (Wildman–Crippen LogP) is 2.41. The summed E-state index contributed by atoms with van der Waals surface area (Å²) in [5.41, 5.74) is -0.0778. The van der Waals surface area contributed by atoms with Gasteiger partial charge in [-0.25, -0.2) is 4.39 Å². The van der Waals surface area contributed by atoms with Crippen molar-refractivity contribution in [3.8, 4) is 0 Å². The Bertz CT molecular complexity index is 655. The molecule has 5 nitrogen and oxygen atoms in total. The normalized spacial score (nSPS) is 10.6. The second-order valence-electron chi connectivity index (χ2n) is 3.89. The van der Waals surface area contributed by atoms with E-state index in [1.165, 1.54) is 25.3 Å². The zero-order valence-corrected chi connectivity index (χ0v) is 9.51. The summed E-state index contributed by atoms with van der Waals surface area (Å²) < 4.78 is 13.8. The minimum absolute atomic E-state index is 0.101. The van der Waals surface area contributed by atoms with Crippen molar-refractivity contribution in [2.75, 3.05) is 0 Å². The molecule has 0 amide bonds. The van der Waals surface area contributed by atoms with Crippen LogP contribution in [0.2, 0.25) is 0 Å². The van der Waals surface area contributed by atoms with E-state index >= 15 is 0 Å². The molecule has 0 atom stereocenters. The second kappa shape index (κ2) is 4.48. The van der Waals surface area contributed by atoms with Crippen LogP contribution in [0.1, 0.15) is 12.5 Å². The number of aromatic nitrogens is 1. The molecule has 6 heteroatoms. The molecule has 0 aliphatic carbocycles. The van der Waals surface area contributed by atoms with Gasteiger partial charge in [0.1, 0.15) is 11.6 Å². The smallest absolute Gasteiger partial charge is 0.281 e. The summed E-state index contributed by atoms with van der Waals surface area (Å²) in [4.78, 5) is 25.2. The number of carbonyl (C=O) groups excluding carboxylic acids is 1. The van der Waals surface area contributed by atoms with Crippen LogP contribution in [0.5, 0.6) is 0 Å². The van der Waals surface area contributed by atoms with Crippen molar-refractivity contribution < 1.29 is 14.1 Å². The number of carbonyl (C=O) groups is 1. The van der Waals surface area contributed by atoms with Crippen molar-refractivity contribution in [1.82, 2.24) is 4.98 Å². The SMILES string of the molecule is CC(=O)Cc1c(F)cc([N+](=O)[O-])c2cccnc12. The summed E-state index contributed by atoms with van der Waals surface area (Å²) in [5.74, 6) is -1.00. The summed E-state index contributed by atoms with van der Waals surface area (Å²) >= 11 is 0. The molecule has 1 aromatic carbocycles. The van der Waals surface area contributed by atoms with E-state index in [-0.39, 0.29) is 34.4 Å². The molecule has 0 saturated heterocycles. The fraction of sp³-hybridized carbons (Fsp3) is 0.167. The van der Waals surface area contributed by atoms with Crippen LogP contribution in [0.15, 0.2) is 24.4 Å². The number of non-ortho nitro benzene ring substituents is 1. The lowest BCUT2D eigenvalue weighted by molar-refractivity contribution is -0.383. The quantitative estimate of drug-likeness (QED) is 0.617. The summed E-state index contributed by atoms with van der Waals surface area (Å²) in [6.45, 7) is 1.33. The van der Waals surface area contributed by atoms with Gasteiger partial charge in [-0.05, 0) is 19.1 Å². The van der Waals surface area contributed by atoms with Gasteiger partial charge in [0.25, 0.3) is 5.69 Å². The van der Waals surface area contributed by atoms with Crippen LogP contribution in [-0.2, 0) is 11.2 Å². The van der Waals surface area contributed by atoms with Gasteiger partial charge in [0.15, 0.2) is 0 Å². The number of ketones is 1. The number of halogens is 1. The molecule has 0 N–H and O–H groups in total. The molecular formula is C12H9FN2O3. The minimum atomic E-state index is -0.775. The van der Waals surface area contributed by atoms with Crippen LogP contribution >= 0.6 is 0 Å². The number of benzene rings is 1. The number of nitrogens with zero attached hydrogens (tertiary/aromatic N) is 2. The molecule has 2 aromatic rings. The first-order valence-corrected chi connectivity index (χ1v) is 5.20. The van der Waals surface area contributed by atoms with Gasteiger partial charge in [0, 0.05) is 18.2 Å². The van der Waals surface area contributed by atoms with Gasteiger partial charge in [-0.2, -0.15) is 0 Å². The lowest BCUT2D eigenvalue weighted by Gasteiger charge is -2.06. The standard InChI is InChI=1S/C12H9FN2O3/c1-7(16)5-9-10(13)6-11(15(17)18)8-3-2-4-14-12(8)9/h2-4,6H,5H2,1H3. The Balaban J connectivity index is 2.81. The molecular weight excluding hydrogens is 239 g/mol. The molecule has 1 heterocycles. The largest absolute Gasteiger partial charge is 0.300 e. The van der Waals surface area contributed by atoms with Gasteiger partial charge in [0.2, 0.25) is 0 Å². The molecule has 0 saturated carbocycles. The van der Waals surface area contributed by atoms with Crippen molar-refractivity contribution in [2.45, 2.75) is 13.3 Å². The fourth-order valence-corrected chi connectivity index (χ4v) is 1.82. The number of Topliss-reactive ketones (excluding diaryl/α,β-unsaturated/α-hetero) is 1. The highest BCUT2D eigenvalue weighted by atomic mass is 19.1. The molecule has 0 spiro atoms. The van der Waals surface area contributed by atoms with E-state index < -0.39 is 10.7 Å². The zero-order chi connectivity index (χ0) is 13.3. The summed E-state index contributed by atoms with van der Waals surface area (Å²) in [7, 11) is 0. The highest BCUT2D eigenvalue weighted by molar-refractivity contribution is 5.93. The van der Waals surface area contributed by atoms with Crippen molar-refractivity contribution >= 4 is 22.4 Å². The molecule has 0 fully saturated rings.